The molecule has 0 N–H and O–H groups in total. The molecule has 29 heavy (non-hydrogen) atoms. The highest BCUT2D eigenvalue weighted by molar-refractivity contribution is 5.92. The molecule has 0 unspecified atom stereocenters. The van der Waals surface area contributed by atoms with E-state index in [1.54, 1.807) is 29.4 Å². The summed E-state index contributed by atoms with van der Waals surface area (Å²) < 4.78 is 5.46. The van der Waals surface area contributed by atoms with Crippen LogP contribution >= 0.6 is 0 Å². The summed E-state index contributed by atoms with van der Waals surface area (Å²) in [5, 5.41) is 3.04. The summed E-state index contributed by atoms with van der Waals surface area (Å²) in [7, 11) is 1.80. The second-order valence-electron chi connectivity index (χ2n) is 8.64. The molecule has 0 saturated carbocycles. The Hall–Kier alpha value is -1.34. The second-order valence-corrected chi connectivity index (χ2v) is 8.64. The van der Waals surface area contributed by atoms with Gasteiger partial charge in [0.15, 0.2) is 0 Å². The van der Waals surface area contributed by atoms with Crippen LogP contribution in [0.1, 0.15) is 107 Å². The summed E-state index contributed by atoms with van der Waals surface area (Å²) in [5.74, 6) is 0. The Morgan fingerprint density at radius 1 is 0.586 bits per heavy atom. The minimum absolute atomic E-state index is 0.704. The third-order valence-electron chi connectivity index (χ3n) is 6.26. The predicted octanol–water partition coefficient (Wildman–Crippen LogP) is 8.36. The molecular weight excluding hydrogens is 352 g/mol. The molecule has 0 aliphatic rings. The van der Waals surface area contributed by atoms with Crippen molar-refractivity contribution in [1.29, 1.82) is 0 Å². The van der Waals surface area contributed by atoms with Gasteiger partial charge < -0.3 is 4.74 Å². The van der Waals surface area contributed by atoms with E-state index in [-0.39, 0.29) is 0 Å². The van der Waals surface area contributed by atoms with Crippen molar-refractivity contribution in [2.24, 2.45) is 0 Å². The third-order valence-corrected chi connectivity index (χ3v) is 6.26. The second kappa shape index (κ2) is 13.1. The van der Waals surface area contributed by atoms with Crippen LogP contribution in [0.4, 0.5) is 0 Å². The predicted molar refractivity (Wildman–Crippen MR) is 129 cm³/mol. The maximum Gasteiger partial charge on any atom is 0.0713 e. The molecule has 1 nitrogen and oxygen atoms in total. The monoisotopic (exact) mass is 396 g/mol. The van der Waals surface area contributed by atoms with Crippen LogP contribution in [0.2, 0.25) is 0 Å². The van der Waals surface area contributed by atoms with Crippen molar-refractivity contribution >= 4 is 10.8 Å². The molecule has 0 aliphatic carbocycles. The fourth-order valence-corrected chi connectivity index (χ4v) is 4.64. The van der Waals surface area contributed by atoms with E-state index in [0.717, 1.165) is 0 Å². The summed E-state index contributed by atoms with van der Waals surface area (Å²) in [6.07, 6.45) is 15.2. The Labute approximate surface area is 180 Å². The molecule has 2 aromatic carbocycles. The van der Waals surface area contributed by atoms with Crippen LogP contribution < -0.4 is 0 Å². The Kier molecular flexibility index (Phi) is 10.8. The smallest absolute Gasteiger partial charge is 0.0713 e. The summed E-state index contributed by atoms with van der Waals surface area (Å²) in [6.45, 7) is 9.99. The molecule has 162 valence electrons. The van der Waals surface area contributed by atoms with E-state index in [0.29, 0.717) is 6.61 Å². The van der Waals surface area contributed by atoms with Gasteiger partial charge in [-0.05, 0) is 96.0 Å². The number of aryl methyl sites for hydroxylation is 2. The number of hydrogen-bond donors (Lipinski definition) is 0. The Balaban J connectivity index is 2.77. The summed E-state index contributed by atoms with van der Waals surface area (Å²) in [4.78, 5) is 0. The van der Waals surface area contributed by atoms with Crippen LogP contribution in [-0.4, -0.2) is 7.11 Å². The van der Waals surface area contributed by atoms with Gasteiger partial charge in [0.1, 0.15) is 0 Å². The van der Waals surface area contributed by atoms with Crippen LogP contribution in [0.5, 0.6) is 0 Å². The molecule has 2 rings (SSSR count). The topological polar surface area (TPSA) is 9.23 Å². The third kappa shape index (κ3) is 6.32. The molecule has 0 aliphatic heterocycles. The largest absolute Gasteiger partial charge is 0.380 e. The molecular formula is C28H44O. The highest BCUT2D eigenvalue weighted by Crippen LogP contribution is 2.36. The number of benzene rings is 2. The van der Waals surface area contributed by atoms with Crippen molar-refractivity contribution < 1.29 is 4.74 Å². The summed E-state index contributed by atoms with van der Waals surface area (Å²) >= 11 is 0. The number of unbranched alkanes of at least 4 members (excludes halogenated alkanes) is 4. The van der Waals surface area contributed by atoms with Gasteiger partial charge >= 0.3 is 0 Å². The van der Waals surface area contributed by atoms with Gasteiger partial charge in [0.25, 0.3) is 0 Å². The zero-order valence-electron chi connectivity index (χ0n) is 19.8. The van der Waals surface area contributed by atoms with Crippen molar-refractivity contribution in [2.45, 2.75) is 111 Å². The van der Waals surface area contributed by atoms with Gasteiger partial charge in [-0.25, -0.2) is 0 Å². The van der Waals surface area contributed by atoms with Crippen LogP contribution in [0.15, 0.2) is 18.2 Å². The minimum atomic E-state index is 0.704. The van der Waals surface area contributed by atoms with Crippen molar-refractivity contribution in [2.75, 3.05) is 7.11 Å². The molecule has 0 heterocycles. The number of fused-ring (bicyclic) bond motifs is 1. The molecule has 1 heteroatoms. The van der Waals surface area contributed by atoms with Gasteiger partial charge in [0.05, 0.1) is 6.61 Å². The van der Waals surface area contributed by atoms with Crippen LogP contribution in [0.3, 0.4) is 0 Å². The number of ether oxygens (including phenoxy) is 1. The van der Waals surface area contributed by atoms with Crippen LogP contribution in [-0.2, 0) is 37.0 Å². The van der Waals surface area contributed by atoms with E-state index in [1.165, 1.54) is 93.4 Å². The van der Waals surface area contributed by atoms with Gasteiger partial charge in [0.2, 0.25) is 0 Å². The lowest BCUT2D eigenvalue weighted by Crippen LogP contribution is -2.08. The molecule has 0 amide bonds. The molecule has 0 spiro atoms. The van der Waals surface area contributed by atoms with E-state index in [9.17, 15) is 0 Å². The molecule has 0 bridgehead atoms. The zero-order valence-corrected chi connectivity index (χ0v) is 19.8. The molecule has 0 atom stereocenters. The fourth-order valence-electron chi connectivity index (χ4n) is 4.64. The maximum atomic E-state index is 5.46. The fraction of sp³-hybridized carbons (Fsp3) is 0.643. The van der Waals surface area contributed by atoms with E-state index in [2.05, 4.69) is 45.9 Å². The standard InChI is InChI=1S/C28H44O/c1-6-10-14-23-24(15-11-7-2)26(17-13-9-4)28-20-22(21-29-5)18-19-27(28)25(23)16-12-8-3/h18-20H,6-17,21H2,1-5H3. The van der Waals surface area contributed by atoms with E-state index >= 15 is 0 Å². The molecule has 0 fully saturated rings. The SMILES string of the molecule is CCCCc1c(CCCC)c(CCCC)c2cc(COC)ccc2c1CCCC. The number of hydrogen-bond acceptors (Lipinski definition) is 1. The Morgan fingerprint density at radius 3 is 1.48 bits per heavy atom. The quantitative estimate of drug-likeness (QED) is 0.312. The van der Waals surface area contributed by atoms with Crippen molar-refractivity contribution in [3.05, 3.63) is 46.0 Å². The Morgan fingerprint density at radius 2 is 1.03 bits per heavy atom. The van der Waals surface area contributed by atoms with E-state index in [4.69, 9.17) is 4.74 Å². The summed E-state index contributed by atoms with van der Waals surface area (Å²) in [5.41, 5.74) is 8.04. The van der Waals surface area contributed by atoms with Gasteiger partial charge in [-0.15, -0.1) is 0 Å². The van der Waals surface area contributed by atoms with Crippen molar-refractivity contribution in [3.63, 3.8) is 0 Å². The van der Waals surface area contributed by atoms with Crippen molar-refractivity contribution in [1.82, 2.24) is 0 Å². The first-order valence-electron chi connectivity index (χ1n) is 12.3. The zero-order chi connectivity index (χ0) is 21.1. The molecule has 0 aromatic heterocycles. The number of rotatable bonds is 14. The highest BCUT2D eigenvalue weighted by Gasteiger charge is 2.19. The van der Waals surface area contributed by atoms with E-state index < -0.39 is 0 Å². The van der Waals surface area contributed by atoms with Gasteiger partial charge in [0, 0.05) is 7.11 Å². The van der Waals surface area contributed by atoms with Crippen molar-refractivity contribution in [3.8, 4) is 0 Å². The van der Waals surface area contributed by atoms with Gasteiger partial charge in [-0.3, -0.25) is 0 Å². The first-order chi connectivity index (χ1) is 14.2. The lowest BCUT2D eigenvalue weighted by Gasteiger charge is -2.24. The normalized spacial score (nSPS) is 11.5. The minimum Gasteiger partial charge on any atom is -0.380 e. The maximum absolute atomic E-state index is 5.46. The first kappa shape index (κ1) is 23.9. The van der Waals surface area contributed by atoms with Gasteiger partial charge in [-0.2, -0.15) is 0 Å². The molecule has 0 saturated heterocycles. The van der Waals surface area contributed by atoms with Crippen LogP contribution in [0, 0.1) is 0 Å². The van der Waals surface area contributed by atoms with Crippen LogP contribution in [0.25, 0.3) is 10.8 Å². The molecule has 2 aromatic rings. The highest BCUT2D eigenvalue weighted by atomic mass is 16.5. The average molecular weight is 397 g/mol. The number of methoxy groups -OCH3 is 1. The molecule has 0 radical (unpaired) electrons. The average Bonchev–Trinajstić information content (AvgIpc) is 2.74. The summed E-state index contributed by atoms with van der Waals surface area (Å²) in [6, 6.07) is 7.14. The van der Waals surface area contributed by atoms with E-state index in [1.807, 2.05) is 0 Å². The first-order valence-corrected chi connectivity index (χ1v) is 12.3. The lowest BCUT2D eigenvalue weighted by atomic mass is 9.81. The Bertz CT molecular complexity index is 744. The van der Waals surface area contributed by atoms with Gasteiger partial charge in [-0.1, -0.05) is 65.5 Å². The lowest BCUT2D eigenvalue weighted by molar-refractivity contribution is 0.185.